The van der Waals surface area contributed by atoms with E-state index in [1.165, 1.54) is 4.88 Å². The maximum absolute atomic E-state index is 5.76. The van der Waals surface area contributed by atoms with Crippen molar-refractivity contribution in [2.75, 3.05) is 11.1 Å². The number of nitrogens with zero attached hydrogens (tertiary/aromatic N) is 4. The third-order valence-corrected chi connectivity index (χ3v) is 4.05. The van der Waals surface area contributed by atoms with Crippen LogP contribution in [0.15, 0.2) is 24.4 Å². The largest absolute Gasteiger partial charge is 0.368 e. The van der Waals surface area contributed by atoms with E-state index in [4.69, 9.17) is 5.73 Å². The van der Waals surface area contributed by atoms with Gasteiger partial charge in [0.15, 0.2) is 0 Å². The van der Waals surface area contributed by atoms with Crippen LogP contribution in [0.3, 0.4) is 0 Å². The molecular formula is C13H14N6S. The van der Waals surface area contributed by atoms with Crippen molar-refractivity contribution in [2.24, 2.45) is 0 Å². The quantitative estimate of drug-likeness (QED) is 0.764. The van der Waals surface area contributed by atoms with Crippen LogP contribution in [-0.2, 0) is 13.0 Å². The summed E-state index contributed by atoms with van der Waals surface area (Å²) >= 11 is 1.65. The lowest BCUT2D eigenvalue weighted by atomic mass is 10.3. The average molecular weight is 286 g/mol. The van der Waals surface area contributed by atoms with Crippen molar-refractivity contribution in [3.8, 4) is 0 Å². The fourth-order valence-electron chi connectivity index (χ4n) is 1.90. The summed E-state index contributed by atoms with van der Waals surface area (Å²) in [6, 6.07) is 5.87. The topological polar surface area (TPSA) is 89.6 Å². The van der Waals surface area contributed by atoms with Crippen LogP contribution in [0, 0.1) is 0 Å². The molecule has 0 bridgehead atoms. The van der Waals surface area contributed by atoms with Gasteiger partial charge in [-0.3, -0.25) is 0 Å². The van der Waals surface area contributed by atoms with Crippen molar-refractivity contribution in [1.82, 2.24) is 20.2 Å². The van der Waals surface area contributed by atoms with Gasteiger partial charge in [0.1, 0.15) is 10.6 Å². The summed E-state index contributed by atoms with van der Waals surface area (Å²) in [4.78, 5) is 10.7. The molecule has 0 amide bonds. The first-order valence-electron chi connectivity index (χ1n) is 6.32. The van der Waals surface area contributed by atoms with Gasteiger partial charge in [-0.15, -0.1) is 11.3 Å². The van der Waals surface area contributed by atoms with Crippen LogP contribution in [-0.4, -0.2) is 20.2 Å². The molecule has 0 aliphatic carbocycles. The number of rotatable bonds is 4. The highest BCUT2D eigenvalue weighted by molar-refractivity contribution is 7.18. The van der Waals surface area contributed by atoms with Crippen molar-refractivity contribution < 1.29 is 0 Å². The van der Waals surface area contributed by atoms with Gasteiger partial charge in [-0.25, -0.2) is 4.98 Å². The molecule has 20 heavy (non-hydrogen) atoms. The Balaban J connectivity index is 1.92. The molecule has 0 aromatic carbocycles. The summed E-state index contributed by atoms with van der Waals surface area (Å²) in [5.74, 6) is 1.03. The number of fused-ring (bicyclic) bond motifs is 1. The summed E-state index contributed by atoms with van der Waals surface area (Å²) in [6.45, 7) is 2.67. The van der Waals surface area contributed by atoms with E-state index in [1.807, 2.05) is 12.1 Å². The van der Waals surface area contributed by atoms with Crippen molar-refractivity contribution in [3.63, 3.8) is 0 Å². The summed E-state index contributed by atoms with van der Waals surface area (Å²) in [6.07, 6.45) is 2.63. The van der Waals surface area contributed by atoms with Gasteiger partial charge in [0.25, 0.3) is 0 Å². The zero-order valence-corrected chi connectivity index (χ0v) is 11.8. The zero-order chi connectivity index (χ0) is 13.9. The molecule has 3 N–H and O–H groups in total. The first-order chi connectivity index (χ1) is 9.76. The third-order valence-electron chi connectivity index (χ3n) is 2.87. The molecular weight excluding hydrogens is 272 g/mol. The average Bonchev–Trinajstić information content (AvgIpc) is 2.88. The Bertz CT molecular complexity index is 724. The van der Waals surface area contributed by atoms with Gasteiger partial charge in [0, 0.05) is 11.1 Å². The Hall–Kier alpha value is -2.28. The lowest BCUT2D eigenvalue weighted by Gasteiger charge is -2.06. The monoisotopic (exact) mass is 286 g/mol. The molecule has 0 unspecified atom stereocenters. The number of hydrogen-bond acceptors (Lipinski definition) is 7. The van der Waals surface area contributed by atoms with E-state index in [2.05, 4.69) is 38.5 Å². The molecule has 3 rings (SSSR count). The minimum Gasteiger partial charge on any atom is -0.368 e. The van der Waals surface area contributed by atoms with E-state index >= 15 is 0 Å². The van der Waals surface area contributed by atoms with Gasteiger partial charge in [-0.2, -0.15) is 15.2 Å². The number of aromatic nitrogens is 4. The number of anilines is 2. The normalized spacial score (nSPS) is 10.8. The molecule has 3 heterocycles. The third kappa shape index (κ3) is 2.53. The van der Waals surface area contributed by atoms with E-state index < -0.39 is 0 Å². The molecule has 0 aliphatic rings. The maximum atomic E-state index is 5.76. The molecule has 7 heteroatoms. The van der Waals surface area contributed by atoms with Crippen molar-refractivity contribution in [2.45, 2.75) is 19.9 Å². The van der Waals surface area contributed by atoms with Crippen LogP contribution in [0.2, 0.25) is 0 Å². The number of aryl methyl sites for hydroxylation is 1. The van der Waals surface area contributed by atoms with Crippen molar-refractivity contribution >= 4 is 33.3 Å². The molecule has 0 atom stereocenters. The molecule has 6 nitrogen and oxygen atoms in total. The fourth-order valence-corrected chi connectivity index (χ4v) is 2.87. The second-order valence-corrected chi connectivity index (χ2v) is 5.40. The van der Waals surface area contributed by atoms with Gasteiger partial charge in [-0.05, 0) is 24.6 Å². The summed E-state index contributed by atoms with van der Waals surface area (Å²) in [7, 11) is 0. The highest BCUT2D eigenvalue weighted by Gasteiger charge is 2.10. The summed E-state index contributed by atoms with van der Waals surface area (Å²) in [5, 5.41) is 12.1. The Morgan fingerprint density at radius 2 is 2.25 bits per heavy atom. The molecule has 0 aliphatic heterocycles. The standard InChI is InChI=1S/C13H14N6S/c1-2-9-6-10-11(17-13(14)18-12(10)20-9)15-7-8-4-3-5-16-19-8/h3-6H,2,7H2,1H3,(H3,14,15,17,18). The minimum atomic E-state index is 0.281. The smallest absolute Gasteiger partial charge is 0.223 e. The van der Waals surface area contributed by atoms with Crippen LogP contribution in [0.4, 0.5) is 11.8 Å². The molecule has 0 fully saturated rings. The Labute approximate surface area is 120 Å². The number of hydrogen-bond donors (Lipinski definition) is 2. The van der Waals surface area contributed by atoms with E-state index in [9.17, 15) is 0 Å². The Kier molecular flexibility index (Phi) is 3.42. The zero-order valence-electron chi connectivity index (χ0n) is 11.0. The second kappa shape index (κ2) is 5.38. The van der Waals surface area contributed by atoms with Crippen LogP contribution in [0.1, 0.15) is 17.5 Å². The number of thiophene rings is 1. The van der Waals surface area contributed by atoms with Crippen LogP contribution in [0.5, 0.6) is 0 Å². The fraction of sp³-hybridized carbons (Fsp3) is 0.231. The first-order valence-corrected chi connectivity index (χ1v) is 7.14. The van der Waals surface area contributed by atoms with Crippen molar-refractivity contribution in [3.05, 3.63) is 35.0 Å². The predicted molar refractivity (Wildman–Crippen MR) is 80.6 cm³/mol. The van der Waals surface area contributed by atoms with Crippen LogP contribution >= 0.6 is 11.3 Å². The van der Waals surface area contributed by atoms with Gasteiger partial charge in [0.2, 0.25) is 5.95 Å². The lowest BCUT2D eigenvalue weighted by Crippen LogP contribution is -2.06. The van der Waals surface area contributed by atoms with E-state index in [1.54, 1.807) is 17.5 Å². The first kappa shape index (κ1) is 12.7. The molecule has 0 saturated heterocycles. The minimum absolute atomic E-state index is 0.281. The summed E-state index contributed by atoms with van der Waals surface area (Å²) in [5.41, 5.74) is 6.61. The Morgan fingerprint density at radius 1 is 1.35 bits per heavy atom. The van der Waals surface area contributed by atoms with Gasteiger partial charge < -0.3 is 11.1 Å². The van der Waals surface area contributed by atoms with E-state index in [0.29, 0.717) is 6.54 Å². The highest BCUT2D eigenvalue weighted by Crippen LogP contribution is 2.29. The van der Waals surface area contributed by atoms with Crippen LogP contribution in [0.25, 0.3) is 10.2 Å². The molecule has 0 spiro atoms. The maximum Gasteiger partial charge on any atom is 0.223 e. The van der Waals surface area contributed by atoms with Gasteiger partial charge >= 0.3 is 0 Å². The van der Waals surface area contributed by atoms with Crippen LogP contribution < -0.4 is 11.1 Å². The number of nitrogen functional groups attached to an aromatic ring is 1. The van der Waals surface area contributed by atoms with E-state index in [-0.39, 0.29) is 5.95 Å². The molecule has 3 aromatic rings. The molecule has 3 aromatic heterocycles. The predicted octanol–water partition coefficient (Wildman–Crippen LogP) is 2.24. The number of nitrogens with one attached hydrogen (secondary N) is 1. The highest BCUT2D eigenvalue weighted by atomic mass is 32.1. The molecule has 0 radical (unpaired) electrons. The lowest BCUT2D eigenvalue weighted by molar-refractivity contribution is 0.921. The van der Waals surface area contributed by atoms with Gasteiger partial charge in [-0.1, -0.05) is 6.92 Å². The second-order valence-electron chi connectivity index (χ2n) is 4.28. The number of nitrogens with two attached hydrogens (primary N) is 1. The Morgan fingerprint density at radius 3 is 3.00 bits per heavy atom. The SMILES string of the molecule is CCc1cc2c(NCc3cccnn3)nc(N)nc2s1. The van der Waals surface area contributed by atoms with Crippen molar-refractivity contribution in [1.29, 1.82) is 0 Å². The molecule has 102 valence electrons. The van der Waals surface area contributed by atoms with E-state index in [0.717, 1.165) is 28.1 Å². The van der Waals surface area contributed by atoms with Gasteiger partial charge in [0.05, 0.1) is 17.6 Å². The summed E-state index contributed by atoms with van der Waals surface area (Å²) < 4.78 is 0. The molecule has 0 saturated carbocycles.